The van der Waals surface area contributed by atoms with Crippen LogP contribution in [0.15, 0.2) is 24.3 Å². The number of halogens is 2. The highest BCUT2D eigenvalue weighted by molar-refractivity contribution is 14.1. The van der Waals surface area contributed by atoms with Gasteiger partial charge in [0.15, 0.2) is 0 Å². The van der Waals surface area contributed by atoms with Crippen LogP contribution in [0.4, 0.5) is 4.39 Å². The SMILES string of the molecule is CN1CN[C@](C)(c2cc(-c3ccc(F)c(C#N)c3)c(I)s2)[C@@H](C2CC2)C1=O. The molecule has 7 heteroatoms. The van der Waals surface area contributed by atoms with E-state index in [9.17, 15) is 9.18 Å². The molecule has 140 valence electrons. The van der Waals surface area contributed by atoms with Gasteiger partial charge in [0.05, 0.1) is 26.6 Å². The fourth-order valence-corrected chi connectivity index (χ4v) is 6.14. The van der Waals surface area contributed by atoms with Gasteiger partial charge >= 0.3 is 0 Å². The third-order valence-electron chi connectivity index (χ3n) is 5.64. The Morgan fingerprint density at radius 1 is 1.41 bits per heavy atom. The van der Waals surface area contributed by atoms with E-state index in [0.29, 0.717) is 12.6 Å². The number of hydrogen-bond acceptors (Lipinski definition) is 4. The fourth-order valence-electron chi connectivity index (χ4n) is 3.90. The van der Waals surface area contributed by atoms with Gasteiger partial charge in [-0.05, 0) is 72.0 Å². The molecule has 0 bridgehead atoms. The molecule has 4 rings (SSSR count). The molecule has 2 atom stereocenters. The van der Waals surface area contributed by atoms with Gasteiger partial charge in [-0.3, -0.25) is 10.1 Å². The highest BCUT2D eigenvalue weighted by Crippen LogP contribution is 2.50. The average Bonchev–Trinajstić information content (AvgIpc) is 3.40. The van der Waals surface area contributed by atoms with E-state index in [2.05, 4.69) is 40.9 Å². The maximum atomic E-state index is 13.7. The summed E-state index contributed by atoms with van der Waals surface area (Å²) in [5.74, 6) is 0.0609. The molecular formula is C20H19FIN3OS. The summed E-state index contributed by atoms with van der Waals surface area (Å²) in [5.41, 5.74) is 1.44. The van der Waals surface area contributed by atoms with Crippen molar-refractivity contribution in [2.45, 2.75) is 25.3 Å². The quantitative estimate of drug-likeness (QED) is 0.647. The molecule has 1 saturated heterocycles. The van der Waals surface area contributed by atoms with E-state index >= 15 is 0 Å². The molecule has 2 heterocycles. The molecule has 0 spiro atoms. The van der Waals surface area contributed by atoms with E-state index in [1.807, 2.05) is 13.1 Å². The number of carbonyl (C=O) groups is 1. The topological polar surface area (TPSA) is 56.1 Å². The zero-order chi connectivity index (χ0) is 19.3. The van der Waals surface area contributed by atoms with Crippen LogP contribution >= 0.6 is 33.9 Å². The first-order valence-electron chi connectivity index (χ1n) is 8.85. The number of carbonyl (C=O) groups excluding carboxylic acids is 1. The number of nitrogens with zero attached hydrogens (tertiary/aromatic N) is 2. The molecule has 1 aliphatic carbocycles. The Morgan fingerprint density at radius 3 is 2.81 bits per heavy atom. The number of nitrogens with one attached hydrogen (secondary N) is 1. The first-order valence-corrected chi connectivity index (χ1v) is 10.7. The van der Waals surface area contributed by atoms with Gasteiger partial charge in [-0.2, -0.15) is 5.26 Å². The monoisotopic (exact) mass is 495 g/mol. The lowest BCUT2D eigenvalue weighted by molar-refractivity contribution is -0.143. The van der Waals surface area contributed by atoms with Crippen LogP contribution in [-0.4, -0.2) is 24.5 Å². The van der Waals surface area contributed by atoms with E-state index in [0.717, 1.165) is 31.7 Å². The van der Waals surface area contributed by atoms with Gasteiger partial charge in [-0.15, -0.1) is 11.3 Å². The molecule has 1 aliphatic heterocycles. The van der Waals surface area contributed by atoms with E-state index < -0.39 is 11.4 Å². The summed E-state index contributed by atoms with van der Waals surface area (Å²) >= 11 is 3.95. The van der Waals surface area contributed by atoms with Crippen LogP contribution in [0.3, 0.4) is 0 Å². The van der Waals surface area contributed by atoms with Gasteiger partial charge < -0.3 is 4.90 Å². The van der Waals surface area contributed by atoms with Crippen LogP contribution in [0.1, 0.15) is 30.2 Å². The van der Waals surface area contributed by atoms with Crippen LogP contribution in [0.5, 0.6) is 0 Å². The van der Waals surface area contributed by atoms with E-state index in [1.54, 1.807) is 28.4 Å². The predicted octanol–water partition coefficient (Wildman–Crippen LogP) is 4.29. The standard InChI is InChI=1S/C20H19FIN3OS/c1-20(17(11-3-4-11)19(26)25(2)10-24-20)16-8-14(18(22)27-16)12-5-6-15(21)13(7-12)9-23/h5-8,11,17,24H,3-4,10H2,1-2H3/t17-,20+/m0/s1. The molecular weight excluding hydrogens is 476 g/mol. The Hall–Kier alpha value is -1.50. The van der Waals surface area contributed by atoms with Gasteiger partial charge in [0, 0.05) is 17.5 Å². The maximum absolute atomic E-state index is 13.7. The van der Waals surface area contributed by atoms with Crippen molar-refractivity contribution in [3.63, 3.8) is 0 Å². The Morgan fingerprint density at radius 2 is 2.15 bits per heavy atom. The molecule has 1 amide bonds. The van der Waals surface area contributed by atoms with Gasteiger partial charge in [0.25, 0.3) is 0 Å². The van der Waals surface area contributed by atoms with E-state index in [4.69, 9.17) is 5.26 Å². The number of hydrogen-bond donors (Lipinski definition) is 1. The summed E-state index contributed by atoms with van der Waals surface area (Å²) in [5, 5.41) is 12.7. The summed E-state index contributed by atoms with van der Waals surface area (Å²) < 4.78 is 14.8. The number of benzene rings is 1. The third kappa shape index (κ3) is 3.18. The number of nitriles is 1. The molecule has 0 radical (unpaired) electrons. The second-order valence-corrected chi connectivity index (χ2v) is 10.4. The highest BCUT2D eigenvalue weighted by atomic mass is 127. The Balaban J connectivity index is 1.76. The lowest BCUT2D eigenvalue weighted by atomic mass is 9.78. The summed E-state index contributed by atoms with van der Waals surface area (Å²) in [6.07, 6.45) is 2.20. The normalized spacial score (nSPS) is 25.5. The van der Waals surface area contributed by atoms with Gasteiger partial charge in [-0.1, -0.05) is 6.07 Å². The first kappa shape index (κ1) is 18.8. The second kappa shape index (κ2) is 6.83. The molecule has 2 fully saturated rings. The Kier molecular flexibility index (Phi) is 4.77. The molecule has 0 unspecified atom stereocenters. The lowest BCUT2D eigenvalue weighted by Gasteiger charge is -2.44. The second-order valence-electron chi connectivity index (χ2n) is 7.49. The molecule has 27 heavy (non-hydrogen) atoms. The van der Waals surface area contributed by atoms with Crippen molar-refractivity contribution in [3.8, 4) is 17.2 Å². The molecule has 4 nitrogen and oxygen atoms in total. The molecule has 1 aromatic carbocycles. The molecule has 1 N–H and O–H groups in total. The first-order chi connectivity index (χ1) is 12.8. The zero-order valence-corrected chi connectivity index (χ0v) is 18.0. The lowest BCUT2D eigenvalue weighted by Crippen LogP contribution is -2.61. The van der Waals surface area contributed by atoms with E-state index in [1.165, 1.54) is 6.07 Å². The van der Waals surface area contributed by atoms with Crippen LogP contribution in [-0.2, 0) is 10.3 Å². The average molecular weight is 495 g/mol. The Bertz CT molecular complexity index is 965. The number of amides is 1. The summed E-state index contributed by atoms with van der Waals surface area (Å²) in [4.78, 5) is 15.8. The van der Waals surface area contributed by atoms with Crippen molar-refractivity contribution in [2.75, 3.05) is 13.7 Å². The van der Waals surface area contributed by atoms with Gasteiger partial charge in [-0.25, -0.2) is 4.39 Å². The maximum Gasteiger partial charge on any atom is 0.228 e. The smallest absolute Gasteiger partial charge is 0.228 e. The van der Waals surface area contributed by atoms with Crippen molar-refractivity contribution in [3.05, 3.63) is 43.4 Å². The molecule has 2 aliphatic rings. The van der Waals surface area contributed by atoms with Crippen molar-refractivity contribution < 1.29 is 9.18 Å². The van der Waals surface area contributed by atoms with Crippen LogP contribution in [0, 0.1) is 31.9 Å². The number of rotatable bonds is 3. The van der Waals surface area contributed by atoms with Crippen molar-refractivity contribution in [1.82, 2.24) is 10.2 Å². The van der Waals surface area contributed by atoms with E-state index in [-0.39, 0.29) is 17.4 Å². The van der Waals surface area contributed by atoms with Crippen LogP contribution in [0.2, 0.25) is 0 Å². The van der Waals surface area contributed by atoms with Gasteiger partial charge in [0.1, 0.15) is 11.9 Å². The molecule has 1 saturated carbocycles. The third-order valence-corrected chi connectivity index (χ3v) is 8.04. The minimum atomic E-state index is -0.505. The summed E-state index contributed by atoms with van der Waals surface area (Å²) in [6.45, 7) is 2.65. The van der Waals surface area contributed by atoms with Crippen molar-refractivity contribution in [1.29, 1.82) is 5.26 Å². The summed E-state index contributed by atoms with van der Waals surface area (Å²) in [6, 6.07) is 8.65. The van der Waals surface area contributed by atoms with Crippen molar-refractivity contribution >= 4 is 39.8 Å². The predicted molar refractivity (Wildman–Crippen MR) is 111 cm³/mol. The largest absolute Gasteiger partial charge is 0.333 e. The zero-order valence-electron chi connectivity index (χ0n) is 15.1. The Labute approximate surface area is 175 Å². The van der Waals surface area contributed by atoms with Crippen LogP contribution in [0.25, 0.3) is 11.1 Å². The van der Waals surface area contributed by atoms with Gasteiger partial charge in [0.2, 0.25) is 5.91 Å². The number of thiophene rings is 1. The fraction of sp³-hybridized carbons (Fsp3) is 0.400. The highest BCUT2D eigenvalue weighted by Gasteiger charge is 2.52. The minimum Gasteiger partial charge on any atom is -0.333 e. The van der Waals surface area contributed by atoms with Crippen LogP contribution < -0.4 is 5.32 Å². The van der Waals surface area contributed by atoms with Crippen molar-refractivity contribution in [2.24, 2.45) is 11.8 Å². The molecule has 2 aromatic rings. The minimum absolute atomic E-state index is 0.0470. The summed E-state index contributed by atoms with van der Waals surface area (Å²) in [7, 11) is 1.84. The molecule has 1 aromatic heterocycles.